The Kier molecular flexibility index (Phi) is 3.12. The predicted molar refractivity (Wildman–Crippen MR) is 79.1 cm³/mol. The molecule has 0 unspecified atom stereocenters. The highest BCUT2D eigenvalue weighted by molar-refractivity contribution is 6.33. The number of halogens is 1. The maximum absolute atomic E-state index is 10.9. The normalized spacial score (nSPS) is 10.7. The number of carboxylic acid groups (broad SMARTS) is 1. The maximum Gasteiger partial charge on any atom is 0.335 e. The first-order chi connectivity index (χ1) is 9.65. The van der Waals surface area contributed by atoms with Gasteiger partial charge < -0.3 is 5.11 Å². The van der Waals surface area contributed by atoms with Crippen molar-refractivity contribution >= 4 is 28.5 Å². The third kappa shape index (κ3) is 2.24. The van der Waals surface area contributed by atoms with Crippen molar-refractivity contribution in [2.24, 2.45) is 0 Å². The Bertz CT molecular complexity index is 814. The van der Waals surface area contributed by atoms with E-state index >= 15 is 0 Å². The zero-order valence-electron chi connectivity index (χ0n) is 10.4. The van der Waals surface area contributed by atoms with E-state index in [2.05, 4.69) is 4.98 Å². The van der Waals surface area contributed by atoms with Gasteiger partial charge in [-0.05, 0) is 29.8 Å². The molecule has 4 heteroatoms. The number of hydrogen-bond donors (Lipinski definition) is 1. The van der Waals surface area contributed by atoms with Crippen molar-refractivity contribution in [2.45, 2.75) is 0 Å². The van der Waals surface area contributed by atoms with Gasteiger partial charge in [-0.2, -0.15) is 0 Å². The Balaban J connectivity index is 2.13. The van der Waals surface area contributed by atoms with Gasteiger partial charge in [0.25, 0.3) is 0 Å². The van der Waals surface area contributed by atoms with Crippen molar-refractivity contribution in [3.63, 3.8) is 0 Å². The van der Waals surface area contributed by atoms with E-state index in [4.69, 9.17) is 16.7 Å². The molecule has 1 N–H and O–H groups in total. The minimum atomic E-state index is -0.987. The van der Waals surface area contributed by atoms with Gasteiger partial charge in [0.2, 0.25) is 0 Å². The highest BCUT2D eigenvalue weighted by atomic mass is 35.5. The Hall–Kier alpha value is -2.39. The van der Waals surface area contributed by atoms with Gasteiger partial charge in [-0.15, -0.1) is 0 Å². The summed E-state index contributed by atoms with van der Waals surface area (Å²) >= 11 is 6.18. The SMILES string of the molecule is O=C(O)c1ccc(-c2ccc3cccnc3c2)c(Cl)c1. The Morgan fingerprint density at radius 2 is 1.95 bits per heavy atom. The largest absolute Gasteiger partial charge is 0.478 e. The maximum atomic E-state index is 10.9. The first kappa shape index (κ1) is 12.6. The zero-order valence-corrected chi connectivity index (χ0v) is 11.1. The van der Waals surface area contributed by atoms with E-state index in [-0.39, 0.29) is 5.56 Å². The summed E-state index contributed by atoms with van der Waals surface area (Å²) in [6.07, 6.45) is 1.74. The average molecular weight is 284 g/mol. The van der Waals surface area contributed by atoms with Crippen LogP contribution < -0.4 is 0 Å². The molecule has 0 spiro atoms. The summed E-state index contributed by atoms with van der Waals surface area (Å²) in [6.45, 7) is 0. The summed E-state index contributed by atoms with van der Waals surface area (Å²) in [5.41, 5.74) is 2.77. The van der Waals surface area contributed by atoms with Gasteiger partial charge in [-0.25, -0.2) is 4.79 Å². The number of hydrogen-bond acceptors (Lipinski definition) is 2. The number of pyridine rings is 1. The molecule has 3 aromatic rings. The second kappa shape index (κ2) is 4.94. The number of benzene rings is 2. The van der Waals surface area contributed by atoms with Crippen LogP contribution in [0.4, 0.5) is 0 Å². The molecule has 0 saturated heterocycles. The lowest BCUT2D eigenvalue weighted by molar-refractivity contribution is 0.0697. The van der Waals surface area contributed by atoms with Gasteiger partial charge in [-0.1, -0.05) is 35.9 Å². The van der Waals surface area contributed by atoms with Crippen LogP contribution in [0.15, 0.2) is 54.7 Å². The van der Waals surface area contributed by atoms with Crippen LogP contribution in [0.2, 0.25) is 5.02 Å². The van der Waals surface area contributed by atoms with E-state index in [1.165, 1.54) is 6.07 Å². The number of nitrogens with zero attached hydrogens (tertiary/aromatic N) is 1. The van der Waals surface area contributed by atoms with Crippen molar-refractivity contribution in [2.75, 3.05) is 0 Å². The Morgan fingerprint density at radius 3 is 2.70 bits per heavy atom. The second-order valence-corrected chi connectivity index (χ2v) is 4.82. The first-order valence-electron chi connectivity index (χ1n) is 6.03. The highest BCUT2D eigenvalue weighted by Gasteiger charge is 2.09. The summed E-state index contributed by atoms with van der Waals surface area (Å²) in [5, 5.41) is 10.4. The molecule has 20 heavy (non-hydrogen) atoms. The van der Waals surface area contributed by atoms with E-state index in [0.29, 0.717) is 5.02 Å². The fourth-order valence-corrected chi connectivity index (χ4v) is 2.41. The standard InChI is InChI=1S/C16H10ClNO2/c17-14-8-12(16(19)20)5-6-13(14)11-4-3-10-2-1-7-18-15(10)9-11/h1-9H,(H,19,20). The van der Waals surface area contributed by atoms with Gasteiger partial charge >= 0.3 is 5.97 Å². The summed E-state index contributed by atoms with van der Waals surface area (Å²) in [6, 6.07) is 14.5. The topological polar surface area (TPSA) is 50.2 Å². The quantitative estimate of drug-likeness (QED) is 0.765. The number of aromatic carboxylic acids is 1. The number of aromatic nitrogens is 1. The Labute approximate surface area is 120 Å². The molecule has 0 aliphatic rings. The number of fused-ring (bicyclic) bond motifs is 1. The van der Waals surface area contributed by atoms with Gasteiger partial charge in [-0.3, -0.25) is 4.98 Å². The molecule has 3 rings (SSSR count). The molecular formula is C16H10ClNO2. The molecule has 98 valence electrons. The molecule has 0 saturated carbocycles. The third-order valence-corrected chi connectivity index (χ3v) is 3.45. The summed E-state index contributed by atoms with van der Waals surface area (Å²) in [7, 11) is 0. The summed E-state index contributed by atoms with van der Waals surface area (Å²) < 4.78 is 0. The van der Waals surface area contributed by atoms with E-state index in [1.807, 2.05) is 30.3 Å². The van der Waals surface area contributed by atoms with Crippen LogP contribution in [-0.2, 0) is 0 Å². The fourth-order valence-electron chi connectivity index (χ4n) is 2.12. The van der Waals surface area contributed by atoms with Crippen LogP contribution in [-0.4, -0.2) is 16.1 Å². The van der Waals surface area contributed by atoms with Crippen LogP contribution in [0.25, 0.3) is 22.0 Å². The predicted octanol–water partition coefficient (Wildman–Crippen LogP) is 4.25. The number of carbonyl (C=O) groups is 1. The van der Waals surface area contributed by atoms with Crippen LogP contribution >= 0.6 is 11.6 Å². The van der Waals surface area contributed by atoms with E-state index in [0.717, 1.165) is 22.0 Å². The smallest absolute Gasteiger partial charge is 0.335 e. The lowest BCUT2D eigenvalue weighted by atomic mass is 10.0. The molecule has 0 aliphatic heterocycles. The second-order valence-electron chi connectivity index (χ2n) is 4.41. The highest BCUT2D eigenvalue weighted by Crippen LogP contribution is 2.30. The van der Waals surface area contributed by atoms with Crippen molar-refractivity contribution in [1.29, 1.82) is 0 Å². The first-order valence-corrected chi connectivity index (χ1v) is 6.41. The molecule has 1 heterocycles. The molecule has 0 amide bonds. The molecule has 0 fully saturated rings. The van der Waals surface area contributed by atoms with E-state index in [1.54, 1.807) is 18.3 Å². The van der Waals surface area contributed by atoms with E-state index in [9.17, 15) is 4.79 Å². The molecule has 1 aromatic heterocycles. The lowest BCUT2D eigenvalue weighted by Crippen LogP contribution is -1.96. The average Bonchev–Trinajstić information content (AvgIpc) is 2.46. The van der Waals surface area contributed by atoms with Crippen LogP contribution in [0.1, 0.15) is 10.4 Å². The van der Waals surface area contributed by atoms with Crippen LogP contribution in [0.5, 0.6) is 0 Å². The minimum Gasteiger partial charge on any atom is -0.478 e. The third-order valence-electron chi connectivity index (χ3n) is 3.13. The molecule has 0 bridgehead atoms. The van der Waals surface area contributed by atoms with Gasteiger partial charge in [0, 0.05) is 22.2 Å². The van der Waals surface area contributed by atoms with Crippen molar-refractivity contribution in [3.05, 3.63) is 65.3 Å². The molecular weight excluding hydrogens is 274 g/mol. The van der Waals surface area contributed by atoms with Gasteiger partial charge in [0.1, 0.15) is 0 Å². The monoisotopic (exact) mass is 283 g/mol. The van der Waals surface area contributed by atoms with Crippen molar-refractivity contribution in [3.8, 4) is 11.1 Å². The zero-order chi connectivity index (χ0) is 14.1. The molecule has 3 nitrogen and oxygen atoms in total. The van der Waals surface area contributed by atoms with Gasteiger partial charge in [0.15, 0.2) is 0 Å². The minimum absolute atomic E-state index is 0.178. The van der Waals surface area contributed by atoms with Crippen LogP contribution in [0, 0.1) is 0 Å². The molecule has 0 radical (unpaired) electrons. The summed E-state index contributed by atoms with van der Waals surface area (Å²) in [5.74, 6) is -0.987. The van der Waals surface area contributed by atoms with Crippen LogP contribution in [0.3, 0.4) is 0 Å². The Morgan fingerprint density at radius 1 is 1.10 bits per heavy atom. The molecule has 0 atom stereocenters. The lowest BCUT2D eigenvalue weighted by Gasteiger charge is -2.07. The molecule has 0 aliphatic carbocycles. The summed E-state index contributed by atoms with van der Waals surface area (Å²) in [4.78, 5) is 15.2. The molecule has 2 aromatic carbocycles. The van der Waals surface area contributed by atoms with Crippen molar-refractivity contribution in [1.82, 2.24) is 4.98 Å². The number of rotatable bonds is 2. The van der Waals surface area contributed by atoms with E-state index < -0.39 is 5.97 Å². The fraction of sp³-hybridized carbons (Fsp3) is 0. The van der Waals surface area contributed by atoms with Crippen molar-refractivity contribution < 1.29 is 9.90 Å². The number of carboxylic acids is 1. The van der Waals surface area contributed by atoms with Gasteiger partial charge in [0.05, 0.1) is 11.1 Å².